The molecule has 0 aliphatic rings. The first-order chi connectivity index (χ1) is 15.2. The number of anilines is 1. The van der Waals surface area contributed by atoms with Gasteiger partial charge in [-0.3, -0.25) is 4.79 Å². The predicted octanol–water partition coefficient (Wildman–Crippen LogP) is 5.05. The Morgan fingerprint density at radius 1 is 1.16 bits per heavy atom. The number of furan rings is 1. The van der Waals surface area contributed by atoms with Gasteiger partial charge in [0.05, 0.1) is 19.4 Å². The molecule has 0 atom stereocenters. The highest BCUT2D eigenvalue weighted by Gasteiger charge is 2.25. The van der Waals surface area contributed by atoms with Crippen molar-refractivity contribution in [3.63, 3.8) is 0 Å². The minimum Gasteiger partial charge on any atom is -0.467 e. The van der Waals surface area contributed by atoms with E-state index in [2.05, 4.69) is 5.32 Å². The summed E-state index contributed by atoms with van der Waals surface area (Å²) in [6.45, 7) is 6.32. The van der Waals surface area contributed by atoms with Gasteiger partial charge in [-0.25, -0.2) is 4.79 Å². The first kappa shape index (κ1) is 23.5. The fourth-order valence-corrected chi connectivity index (χ4v) is 3.46. The lowest BCUT2D eigenvalue weighted by Gasteiger charge is -2.30. The summed E-state index contributed by atoms with van der Waals surface area (Å²) in [5.41, 5.74) is 2.49. The van der Waals surface area contributed by atoms with Gasteiger partial charge in [0, 0.05) is 35.7 Å². The van der Waals surface area contributed by atoms with E-state index < -0.39 is 0 Å². The Kier molecular flexibility index (Phi) is 7.64. The molecule has 8 heteroatoms. The molecule has 2 aromatic heterocycles. The summed E-state index contributed by atoms with van der Waals surface area (Å²) < 4.78 is 7.43. The highest BCUT2D eigenvalue weighted by molar-refractivity contribution is 6.31. The summed E-state index contributed by atoms with van der Waals surface area (Å²) in [6, 6.07) is 12.3. The summed E-state index contributed by atoms with van der Waals surface area (Å²) in [5, 5.41) is 3.42. The average Bonchev–Trinajstić information content (AvgIpc) is 3.40. The third-order valence-corrected chi connectivity index (χ3v) is 5.70. The van der Waals surface area contributed by atoms with Gasteiger partial charge in [0.25, 0.3) is 0 Å². The van der Waals surface area contributed by atoms with Gasteiger partial charge >= 0.3 is 6.03 Å². The second-order valence-electron chi connectivity index (χ2n) is 8.06. The van der Waals surface area contributed by atoms with E-state index in [1.165, 1.54) is 4.90 Å². The summed E-state index contributed by atoms with van der Waals surface area (Å²) in [5.74, 6) is 0.510. The molecular weight excluding hydrogens is 428 g/mol. The van der Waals surface area contributed by atoms with Crippen LogP contribution < -0.4 is 5.32 Å². The number of aromatic nitrogens is 1. The lowest BCUT2D eigenvalue weighted by molar-refractivity contribution is -0.133. The van der Waals surface area contributed by atoms with Crippen LogP contribution in [-0.2, 0) is 24.9 Å². The highest BCUT2D eigenvalue weighted by Crippen LogP contribution is 2.21. The van der Waals surface area contributed by atoms with Gasteiger partial charge in [-0.1, -0.05) is 17.7 Å². The topological polar surface area (TPSA) is 70.7 Å². The maximum Gasteiger partial charge on any atom is 0.322 e. The molecule has 3 amide bonds. The summed E-state index contributed by atoms with van der Waals surface area (Å²) in [6.07, 6.45) is 3.52. The third kappa shape index (κ3) is 5.95. The van der Waals surface area contributed by atoms with Crippen molar-refractivity contribution in [2.45, 2.75) is 39.9 Å². The van der Waals surface area contributed by atoms with Crippen LogP contribution in [0.5, 0.6) is 0 Å². The van der Waals surface area contributed by atoms with Gasteiger partial charge in [0.1, 0.15) is 12.3 Å². The molecule has 0 saturated carbocycles. The fraction of sp³-hybridized carbons (Fsp3) is 0.333. The van der Waals surface area contributed by atoms with Crippen LogP contribution in [-0.4, -0.2) is 38.9 Å². The zero-order valence-electron chi connectivity index (χ0n) is 18.8. The molecule has 3 rings (SSSR count). The number of nitrogens with one attached hydrogen (secondary N) is 1. The number of benzene rings is 1. The van der Waals surface area contributed by atoms with Gasteiger partial charge < -0.3 is 24.1 Å². The van der Waals surface area contributed by atoms with Gasteiger partial charge in [0.15, 0.2) is 0 Å². The molecule has 0 aliphatic carbocycles. The highest BCUT2D eigenvalue weighted by atomic mass is 35.5. The van der Waals surface area contributed by atoms with E-state index in [0.717, 1.165) is 11.3 Å². The maximum atomic E-state index is 13.3. The van der Waals surface area contributed by atoms with Crippen molar-refractivity contribution in [3.8, 4) is 0 Å². The lowest BCUT2D eigenvalue weighted by Crippen LogP contribution is -2.47. The second-order valence-corrected chi connectivity index (χ2v) is 8.46. The van der Waals surface area contributed by atoms with Crippen LogP contribution >= 0.6 is 11.6 Å². The predicted molar refractivity (Wildman–Crippen MR) is 125 cm³/mol. The standard InChI is InChI=1S/C24H29ClN4O3/c1-17(2)29(24(31)26-19-10-9-18(3)22(25)13-19)16-23(30)28(15-21-8-6-12-32-21)14-20-7-5-11-27(20)4/h5-13,17H,14-16H2,1-4H3,(H,26,31). The van der Waals surface area contributed by atoms with E-state index in [1.807, 2.05) is 62.8 Å². The Labute approximate surface area is 193 Å². The number of urea groups is 1. The van der Waals surface area contributed by atoms with Crippen LogP contribution in [0.3, 0.4) is 0 Å². The Morgan fingerprint density at radius 2 is 1.94 bits per heavy atom. The van der Waals surface area contributed by atoms with Crippen molar-refractivity contribution in [3.05, 3.63) is 77.0 Å². The largest absolute Gasteiger partial charge is 0.467 e. The molecular formula is C24H29ClN4O3. The first-order valence-corrected chi connectivity index (χ1v) is 10.9. The molecule has 2 heterocycles. The molecule has 0 unspecified atom stereocenters. The van der Waals surface area contributed by atoms with E-state index in [4.69, 9.17) is 16.0 Å². The molecule has 32 heavy (non-hydrogen) atoms. The fourth-order valence-electron chi connectivity index (χ4n) is 3.28. The molecule has 7 nitrogen and oxygen atoms in total. The Morgan fingerprint density at radius 3 is 2.53 bits per heavy atom. The molecule has 0 spiro atoms. The van der Waals surface area contributed by atoms with E-state index in [-0.39, 0.29) is 24.5 Å². The summed E-state index contributed by atoms with van der Waals surface area (Å²) in [4.78, 5) is 29.5. The Bertz CT molecular complexity index is 1060. The van der Waals surface area contributed by atoms with Crippen LogP contribution in [0.15, 0.2) is 59.3 Å². The van der Waals surface area contributed by atoms with Crippen LogP contribution in [0.25, 0.3) is 0 Å². The Hall–Kier alpha value is -3.19. The van der Waals surface area contributed by atoms with E-state index in [9.17, 15) is 9.59 Å². The molecule has 0 aliphatic heterocycles. The molecule has 0 radical (unpaired) electrons. The minimum atomic E-state index is -0.356. The van der Waals surface area contributed by atoms with Gasteiger partial charge in [-0.2, -0.15) is 0 Å². The number of hydrogen-bond acceptors (Lipinski definition) is 3. The molecule has 0 bridgehead atoms. The number of hydrogen-bond donors (Lipinski definition) is 1. The van der Waals surface area contributed by atoms with E-state index in [0.29, 0.717) is 29.6 Å². The van der Waals surface area contributed by atoms with Gasteiger partial charge in [-0.15, -0.1) is 0 Å². The number of nitrogens with zero attached hydrogens (tertiary/aromatic N) is 3. The SMILES string of the molecule is Cc1ccc(NC(=O)N(CC(=O)N(Cc2ccco2)Cc2cccn2C)C(C)C)cc1Cl. The minimum absolute atomic E-state index is 0.0613. The van der Waals surface area contributed by atoms with E-state index in [1.54, 1.807) is 29.4 Å². The quantitative estimate of drug-likeness (QED) is 0.515. The maximum absolute atomic E-state index is 13.3. The number of halogens is 1. The zero-order chi connectivity index (χ0) is 23.3. The molecule has 170 valence electrons. The number of carbonyl (C=O) groups is 2. The van der Waals surface area contributed by atoms with Crippen molar-refractivity contribution < 1.29 is 14.0 Å². The van der Waals surface area contributed by atoms with Crippen molar-refractivity contribution in [2.24, 2.45) is 7.05 Å². The average molecular weight is 457 g/mol. The van der Waals surface area contributed by atoms with Crippen molar-refractivity contribution >= 4 is 29.2 Å². The smallest absolute Gasteiger partial charge is 0.322 e. The molecule has 1 N–H and O–H groups in total. The summed E-state index contributed by atoms with van der Waals surface area (Å²) >= 11 is 6.18. The Balaban J connectivity index is 1.75. The van der Waals surface area contributed by atoms with Crippen molar-refractivity contribution in [1.29, 1.82) is 0 Å². The second kappa shape index (κ2) is 10.4. The van der Waals surface area contributed by atoms with Crippen LogP contribution in [0.1, 0.15) is 30.9 Å². The van der Waals surface area contributed by atoms with Gasteiger partial charge in [-0.05, 0) is 62.7 Å². The van der Waals surface area contributed by atoms with Gasteiger partial charge in [0.2, 0.25) is 5.91 Å². The molecule has 0 saturated heterocycles. The normalized spacial score (nSPS) is 10.9. The molecule has 3 aromatic rings. The number of carbonyl (C=O) groups excluding carboxylic acids is 2. The van der Waals surface area contributed by atoms with Crippen molar-refractivity contribution in [1.82, 2.24) is 14.4 Å². The molecule has 0 fully saturated rings. The first-order valence-electron chi connectivity index (χ1n) is 10.5. The molecule has 1 aromatic carbocycles. The van der Waals surface area contributed by atoms with Crippen LogP contribution in [0.2, 0.25) is 5.02 Å². The van der Waals surface area contributed by atoms with Crippen molar-refractivity contribution in [2.75, 3.05) is 11.9 Å². The third-order valence-electron chi connectivity index (χ3n) is 5.30. The number of rotatable bonds is 8. The number of amides is 3. The van der Waals surface area contributed by atoms with Crippen LogP contribution in [0, 0.1) is 6.92 Å². The van der Waals surface area contributed by atoms with E-state index >= 15 is 0 Å². The monoisotopic (exact) mass is 456 g/mol. The lowest BCUT2D eigenvalue weighted by atomic mass is 10.2. The summed E-state index contributed by atoms with van der Waals surface area (Å²) in [7, 11) is 1.94. The number of aryl methyl sites for hydroxylation is 2. The zero-order valence-corrected chi connectivity index (χ0v) is 19.6. The van der Waals surface area contributed by atoms with Crippen LogP contribution in [0.4, 0.5) is 10.5 Å².